The first kappa shape index (κ1) is 35.0. The highest BCUT2D eigenvalue weighted by molar-refractivity contribution is 6.12. The Morgan fingerprint density at radius 2 is 0.810 bits per heavy atom. The second kappa shape index (κ2) is 14.9. The molecule has 0 N–H and O–H groups in total. The second-order valence-electron chi connectivity index (χ2n) is 15.0. The molecular weight excluding hydrogens is 701 g/mol. The Labute approximate surface area is 340 Å². The van der Waals surface area contributed by atoms with Gasteiger partial charge in [-0.15, -0.1) is 0 Å². The molecule has 0 spiro atoms. The Bertz CT molecular complexity index is 3000. The maximum absolute atomic E-state index is 2.53. The molecule has 0 unspecified atom stereocenters. The predicted octanol–water partition coefficient (Wildman–Crippen LogP) is 15.5. The molecule has 0 saturated heterocycles. The highest BCUT2D eigenvalue weighted by Crippen LogP contribution is 2.46. The summed E-state index contributed by atoms with van der Waals surface area (Å²) in [7, 11) is 0. The molecule has 0 atom stereocenters. The Morgan fingerprint density at radius 1 is 0.328 bits per heavy atom. The lowest BCUT2D eigenvalue weighted by molar-refractivity contribution is 1.18. The van der Waals surface area contributed by atoms with Crippen LogP contribution in [0.1, 0.15) is 11.1 Å². The fourth-order valence-corrected chi connectivity index (χ4v) is 8.70. The average molecular weight is 743 g/mol. The van der Waals surface area contributed by atoms with Gasteiger partial charge in [0.1, 0.15) is 0 Å². The highest BCUT2D eigenvalue weighted by Gasteiger charge is 2.23. The number of nitrogens with zero attached hydrogens (tertiary/aromatic N) is 2. The third-order valence-electron chi connectivity index (χ3n) is 11.5. The SMILES string of the molecule is Cc1ccccc1-c1cccc(-c2ccccc2C)c1-n1c2ccccc2c2ccc(N(c3ccc(-c4ccccc4)cc3)c3ccccc3-c3ccccc3)cc21. The monoisotopic (exact) mass is 742 g/mol. The van der Waals surface area contributed by atoms with Crippen molar-refractivity contribution in [1.82, 2.24) is 4.57 Å². The Hall–Kier alpha value is -7.42. The lowest BCUT2D eigenvalue weighted by atomic mass is 9.92. The molecule has 0 radical (unpaired) electrons. The van der Waals surface area contributed by atoms with Crippen LogP contribution in [-0.4, -0.2) is 4.57 Å². The number of rotatable bonds is 8. The zero-order chi connectivity index (χ0) is 39.0. The van der Waals surface area contributed by atoms with Crippen LogP contribution in [-0.2, 0) is 0 Å². The van der Waals surface area contributed by atoms with E-state index in [1.165, 1.54) is 77.6 Å². The normalized spacial score (nSPS) is 11.3. The molecule has 2 nitrogen and oxygen atoms in total. The molecule has 10 rings (SSSR count). The number of anilines is 3. The van der Waals surface area contributed by atoms with Crippen molar-refractivity contribution in [1.29, 1.82) is 0 Å². The number of aromatic nitrogens is 1. The van der Waals surface area contributed by atoms with Gasteiger partial charge in [-0.1, -0.05) is 182 Å². The number of benzene rings is 9. The molecular formula is C56H42N2. The molecule has 0 amide bonds. The van der Waals surface area contributed by atoms with Crippen molar-refractivity contribution in [3.8, 4) is 50.2 Å². The summed E-state index contributed by atoms with van der Waals surface area (Å²) in [5.41, 5.74) is 18.9. The van der Waals surface area contributed by atoms with Crippen LogP contribution >= 0.6 is 0 Å². The summed E-state index contributed by atoms with van der Waals surface area (Å²) >= 11 is 0. The van der Waals surface area contributed by atoms with Gasteiger partial charge >= 0.3 is 0 Å². The van der Waals surface area contributed by atoms with Gasteiger partial charge in [0.2, 0.25) is 0 Å². The van der Waals surface area contributed by atoms with Crippen LogP contribution in [0.15, 0.2) is 218 Å². The number of para-hydroxylation sites is 3. The van der Waals surface area contributed by atoms with Crippen LogP contribution in [0.3, 0.4) is 0 Å². The van der Waals surface area contributed by atoms with E-state index in [1.54, 1.807) is 0 Å². The quantitative estimate of drug-likeness (QED) is 0.150. The molecule has 2 heteroatoms. The van der Waals surface area contributed by atoms with Crippen LogP contribution in [0, 0.1) is 13.8 Å². The molecule has 10 aromatic rings. The summed E-state index contributed by atoms with van der Waals surface area (Å²) in [5, 5.41) is 2.44. The van der Waals surface area contributed by atoms with Crippen molar-refractivity contribution in [2.75, 3.05) is 4.90 Å². The van der Waals surface area contributed by atoms with E-state index < -0.39 is 0 Å². The zero-order valence-electron chi connectivity index (χ0n) is 32.7. The fraction of sp³-hybridized carbons (Fsp3) is 0.0357. The molecule has 0 aliphatic heterocycles. The predicted molar refractivity (Wildman–Crippen MR) is 247 cm³/mol. The molecule has 0 saturated carbocycles. The minimum Gasteiger partial charge on any atom is -0.310 e. The van der Waals surface area contributed by atoms with E-state index in [0.717, 1.165) is 22.6 Å². The van der Waals surface area contributed by atoms with Crippen molar-refractivity contribution in [3.05, 3.63) is 230 Å². The van der Waals surface area contributed by atoms with Crippen molar-refractivity contribution < 1.29 is 0 Å². The lowest BCUT2D eigenvalue weighted by Gasteiger charge is -2.28. The smallest absolute Gasteiger partial charge is 0.0619 e. The lowest BCUT2D eigenvalue weighted by Crippen LogP contribution is -2.11. The van der Waals surface area contributed by atoms with E-state index in [2.05, 4.69) is 242 Å². The van der Waals surface area contributed by atoms with Gasteiger partial charge < -0.3 is 9.47 Å². The van der Waals surface area contributed by atoms with Gasteiger partial charge in [-0.05, 0) is 89.2 Å². The van der Waals surface area contributed by atoms with E-state index in [1.807, 2.05) is 0 Å². The zero-order valence-corrected chi connectivity index (χ0v) is 32.7. The number of hydrogen-bond acceptors (Lipinski definition) is 1. The number of aryl methyl sites for hydroxylation is 2. The number of fused-ring (bicyclic) bond motifs is 3. The van der Waals surface area contributed by atoms with Crippen LogP contribution in [0.2, 0.25) is 0 Å². The Balaban J connectivity index is 1.27. The summed E-state index contributed by atoms with van der Waals surface area (Å²) in [6.45, 7) is 4.43. The fourth-order valence-electron chi connectivity index (χ4n) is 8.70. The van der Waals surface area contributed by atoms with E-state index in [9.17, 15) is 0 Å². The van der Waals surface area contributed by atoms with Crippen molar-refractivity contribution >= 4 is 38.9 Å². The summed E-state index contributed by atoms with van der Waals surface area (Å²) in [6.07, 6.45) is 0. The molecule has 276 valence electrons. The van der Waals surface area contributed by atoms with Crippen molar-refractivity contribution in [2.24, 2.45) is 0 Å². The van der Waals surface area contributed by atoms with E-state index in [-0.39, 0.29) is 0 Å². The van der Waals surface area contributed by atoms with Gasteiger partial charge in [0.05, 0.1) is 22.4 Å². The van der Waals surface area contributed by atoms with Crippen LogP contribution < -0.4 is 4.90 Å². The molecule has 58 heavy (non-hydrogen) atoms. The third kappa shape index (κ3) is 6.16. The largest absolute Gasteiger partial charge is 0.310 e. The minimum absolute atomic E-state index is 1.08. The summed E-state index contributed by atoms with van der Waals surface area (Å²) < 4.78 is 2.53. The maximum Gasteiger partial charge on any atom is 0.0619 e. The molecule has 0 aliphatic rings. The number of hydrogen-bond donors (Lipinski definition) is 0. The molecule has 1 heterocycles. The Kier molecular flexibility index (Phi) is 9.01. The van der Waals surface area contributed by atoms with Gasteiger partial charge in [0.25, 0.3) is 0 Å². The first-order valence-corrected chi connectivity index (χ1v) is 20.0. The highest BCUT2D eigenvalue weighted by atomic mass is 15.1. The Morgan fingerprint density at radius 3 is 1.47 bits per heavy atom. The maximum atomic E-state index is 2.53. The van der Waals surface area contributed by atoms with Gasteiger partial charge in [-0.25, -0.2) is 0 Å². The molecule has 0 fully saturated rings. The molecule has 9 aromatic carbocycles. The molecule has 0 bridgehead atoms. The van der Waals surface area contributed by atoms with Crippen LogP contribution in [0.4, 0.5) is 17.1 Å². The first-order chi connectivity index (χ1) is 28.6. The standard InChI is InChI=1S/C56H42N2/c1-39-18-9-11-24-46(39)51-28-17-29-52(47-25-12-10-19-40(47)2)56(51)58-54-31-16-14-27-49(54)50-37-36-45(38-55(50)58)57(44-34-32-42(33-35-44)41-20-5-3-6-21-41)53-30-15-13-26-48(53)43-22-7-4-8-23-43/h3-38H,1-2H3. The molecule has 1 aromatic heterocycles. The van der Waals surface area contributed by atoms with Gasteiger partial charge in [0.15, 0.2) is 0 Å². The van der Waals surface area contributed by atoms with Crippen LogP contribution in [0.25, 0.3) is 72.0 Å². The topological polar surface area (TPSA) is 8.17 Å². The van der Waals surface area contributed by atoms with Crippen molar-refractivity contribution in [3.63, 3.8) is 0 Å². The van der Waals surface area contributed by atoms with E-state index >= 15 is 0 Å². The minimum atomic E-state index is 1.08. The first-order valence-electron chi connectivity index (χ1n) is 20.0. The van der Waals surface area contributed by atoms with E-state index in [4.69, 9.17) is 0 Å². The van der Waals surface area contributed by atoms with Crippen molar-refractivity contribution in [2.45, 2.75) is 13.8 Å². The summed E-state index contributed by atoms with van der Waals surface area (Å²) in [4.78, 5) is 2.42. The summed E-state index contributed by atoms with van der Waals surface area (Å²) in [6, 6.07) is 79.3. The van der Waals surface area contributed by atoms with Gasteiger partial charge in [-0.2, -0.15) is 0 Å². The van der Waals surface area contributed by atoms with Crippen LogP contribution in [0.5, 0.6) is 0 Å². The van der Waals surface area contributed by atoms with E-state index in [0.29, 0.717) is 0 Å². The van der Waals surface area contributed by atoms with Gasteiger partial charge in [-0.3, -0.25) is 0 Å². The summed E-state index contributed by atoms with van der Waals surface area (Å²) in [5.74, 6) is 0. The molecule has 0 aliphatic carbocycles. The van der Waals surface area contributed by atoms with Gasteiger partial charge in [0, 0.05) is 38.8 Å². The third-order valence-corrected chi connectivity index (χ3v) is 11.5. The average Bonchev–Trinajstić information content (AvgIpc) is 3.61. The second-order valence-corrected chi connectivity index (χ2v) is 15.0.